The van der Waals surface area contributed by atoms with Crippen molar-refractivity contribution >= 4 is 0 Å². The lowest BCUT2D eigenvalue weighted by atomic mass is 9.86. The highest BCUT2D eigenvalue weighted by molar-refractivity contribution is 4.91. The summed E-state index contributed by atoms with van der Waals surface area (Å²) in [5.41, 5.74) is -0.0430. The molecule has 0 aliphatic heterocycles. The Morgan fingerprint density at radius 1 is 1.13 bits per heavy atom. The molecule has 0 bridgehead atoms. The molecule has 0 fully saturated rings. The molecule has 2 heteroatoms. The van der Waals surface area contributed by atoms with Crippen LogP contribution in [0, 0.1) is 0 Å². The Labute approximate surface area is 95.7 Å². The number of nitrogens with zero attached hydrogens (tertiary/aromatic N) is 1. The maximum Gasteiger partial charge on any atom is 0.0721 e. The maximum absolute atomic E-state index is 10.3. The largest absolute Gasteiger partial charge is 0.391 e. The van der Waals surface area contributed by atoms with Crippen molar-refractivity contribution in [2.24, 2.45) is 0 Å². The summed E-state index contributed by atoms with van der Waals surface area (Å²) in [4.78, 5) is 2.38. The van der Waals surface area contributed by atoms with E-state index in [2.05, 4.69) is 39.5 Å². The lowest BCUT2D eigenvalue weighted by Gasteiger charge is -2.43. The molecule has 0 spiro atoms. The van der Waals surface area contributed by atoms with Gasteiger partial charge in [-0.3, -0.25) is 4.90 Å². The molecule has 2 nitrogen and oxygen atoms in total. The highest BCUT2D eigenvalue weighted by atomic mass is 16.3. The monoisotopic (exact) mass is 215 g/mol. The van der Waals surface area contributed by atoms with Crippen LogP contribution in [0.4, 0.5) is 0 Å². The fourth-order valence-electron chi connectivity index (χ4n) is 2.32. The third-order valence-corrected chi connectivity index (χ3v) is 3.75. The molecular formula is C13H29NO. The summed E-state index contributed by atoms with van der Waals surface area (Å²) in [6.07, 6.45) is 4.03. The van der Waals surface area contributed by atoms with Crippen molar-refractivity contribution < 1.29 is 5.11 Å². The van der Waals surface area contributed by atoms with Crippen LogP contribution in [0.1, 0.15) is 60.3 Å². The lowest BCUT2D eigenvalue weighted by molar-refractivity contribution is -0.0246. The van der Waals surface area contributed by atoms with Crippen LogP contribution in [0.2, 0.25) is 0 Å². The van der Waals surface area contributed by atoms with Crippen LogP contribution in [-0.2, 0) is 0 Å². The van der Waals surface area contributed by atoms with E-state index >= 15 is 0 Å². The van der Waals surface area contributed by atoms with Crippen LogP contribution in [0.3, 0.4) is 0 Å². The molecule has 1 N–H and O–H groups in total. The van der Waals surface area contributed by atoms with Crippen molar-refractivity contribution in [3.05, 3.63) is 0 Å². The lowest BCUT2D eigenvalue weighted by Crippen LogP contribution is -2.54. The van der Waals surface area contributed by atoms with Gasteiger partial charge >= 0.3 is 0 Å². The minimum absolute atomic E-state index is 0.0430. The van der Waals surface area contributed by atoms with Crippen molar-refractivity contribution in [2.45, 2.75) is 71.9 Å². The molecule has 0 aromatic rings. The molecule has 0 heterocycles. The molecule has 0 aromatic heterocycles. The molecule has 2 unspecified atom stereocenters. The zero-order chi connectivity index (χ0) is 11.9. The fraction of sp³-hybridized carbons (Fsp3) is 1.00. The average molecular weight is 215 g/mol. The molecule has 0 aliphatic carbocycles. The summed E-state index contributed by atoms with van der Waals surface area (Å²) in [5, 5.41) is 10.3. The first-order valence-corrected chi connectivity index (χ1v) is 6.49. The molecule has 0 amide bonds. The van der Waals surface area contributed by atoms with Crippen LogP contribution >= 0.6 is 0 Å². The molecule has 0 radical (unpaired) electrons. The van der Waals surface area contributed by atoms with Gasteiger partial charge in [0.05, 0.1) is 6.10 Å². The first kappa shape index (κ1) is 14.9. The molecule has 15 heavy (non-hydrogen) atoms. The Balaban J connectivity index is 4.50. The Bertz CT molecular complexity index is 157. The van der Waals surface area contributed by atoms with Crippen LogP contribution < -0.4 is 0 Å². The summed E-state index contributed by atoms with van der Waals surface area (Å²) >= 11 is 0. The average Bonchev–Trinajstić information content (AvgIpc) is 2.26. The highest BCUT2D eigenvalue weighted by Gasteiger charge is 2.35. The Hall–Kier alpha value is -0.0800. The normalized spacial score (nSPS) is 17.8. The summed E-state index contributed by atoms with van der Waals surface area (Å²) in [6.45, 7) is 12.9. The molecule has 0 aromatic carbocycles. The second-order valence-corrected chi connectivity index (χ2v) is 4.54. The second-order valence-electron chi connectivity index (χ2n) is 4.54. The standard InChI is InChI=1S/C13H29NO/c1-6-10-11-12(15)13(5,7-2)14(8-3)9-4/h12,15H,6-11H2,1-5H3. The second kappa shape index (κ2) is 7.24. The van der Waals surface area contributed by atoms with E-state index in [9.17, 15) is 5.11 Å². The van der Waals surface area contributed by atoms with E-state index in [1.165, 1.54) is 0 Å². The van der Waals surface area contributed by atoms with Crippen LogP contribution in [0.25, 0.3) is 0 Å². The maximum atomic E-state index is 10.3. The first-order valence-electron chi connectivity index (χ1n) is 6.49. The zero-order valence-electron chi connectivity index (χ0n) is 11.2. The van der Waals surface area contributed by atoms with E-state index in [0.717, 1.165) is 38.8 Å². The third kappa shape index (κ3) is 3.76. The molecule has 0 saturated heterocycles. The predicted octanol–water partition coefficient (Wildman–Crippen LogP) is 3.05. The van der Waals surface area contributed by atoms with Gasteiger partial charge in [-0.1, -0.05) is 40.5 Å². The third-order valence-electron chi connectivity index (χ3n) is 3.75. The first-order chi connectivity index (χ1) is 7.06. The highest BCUT2D eigenvalue weighted by Crippen LogP contribution is 2.26. The molecular weight excluding hydrogens is 186 g/mol. The quantitative estimate of drug-likeness (QED) is 0.672. The number of aliphatic hydroxyl groups is 1. The molecule has 2 atom stereocenters. The van der Waals surface area contributed by atoms with Gasteiger partial charge in [0.15, 0.2) is 0 Å². The van der Waals surface area contributed by atoms with Gasteiger partial charge < -0.3 is 5.11 Å². The van der Waals surface area contributed by atoms with E-state index in [4.69, 9.17) is 0 Å². The van der Waals surface area contributed by atoms with E-state index < -0.39 is 0 Å². The van der Waals surface area contributed by atoms with E-state index in [1.54, 1.807) is 0 Å². The van der Waals surface area contributed by atoms with Gasteiger partial charge in [-0.15, -0.1) is 0 Å². The van der Waals surface area contributed by atoms with Crippen molar-refractivity contribution in [3.63, 3.8) is 0 Å². The molecule has 92 valence electrons. The Morgan fingerprint density at radius 2 is 1.67 bits per heavy atom. The number of unbranched alkanes of at least 4 members (excludes halogenated alkanes) is 1. The fourth-order valence-corrected chi connectivity index (χ4v) is 2.32. The van der Waals surface area contributed by atoms with Crippen LogP contribution in [0.5, 0.6) is 0 Å². The summed E-state index contributed by atoms with van der Waals surface area (Å²) in [7, 11) is 0. The molecule has 0 aliphatic rings. The van der Waals surface area contributed by atoms with E-state index in [0.29, 0.717) is 0 Å². The van der Waals surface area contributed by atoms with Gasteiger partial charge in [-0.05, 0) is 32.9 Å². The minimum atomic E-state index is -0.192. The van der Waals surface area contributed by atoms with Gasteiger partial charge in [0.2, 0.25) is 0 Å². The van der Waals surface area contributed by atoms with Gasteiger partial charge in [-0.2, -0.15) is 0 Å². The summed E-state index contributed by atoms with van der Waals surface area (Å²) in [6, 6.07) is 0. The van der Waals surface area contributed by atoms with Crippen molar-refractivity contribution in [2.75, 3.05) is 13.1 Å². The smallest absolute Gasteiger partial charge is 0.0721 e. The van der Waals surface area contributed by atoms with Gasteiger partial charge in [-0.25, -0.2) is 0 Å². The van der Waals surface area contributed by atoms with Crippen LogP contribution in [-0.4, -0.2) is 34.7 Å². The Kier molecular flexibility index (Phi) is 7.20. The molecule has 0 saturated carbocycles. The number of rotatable bonds is 8. The summed E-state index contributed by atoms with van der Waals surface area (Å²) < 4.78 is 0. The Morgan fingerprint density at radius 3 is 2.00 bits per heavy atom. The topological polar surface area (TPSA) is 23.5 Å². The number of likely N-dealkylation sites (N-methyl/N-ethyl adjacent to an activating group) is 1. The zero-order valence-corrected chi connectivity index (χ0v) is 11.2. The number of hydrogen-bond donors (Lipinski definition) is 1. The van der Waals surface area contributed by atoms with Gasteiger partial charge in [0, 0.05) is 5.54 Å². The number of aliphatic hydroxyl groups excluding tert-OH is 1. The van der Waals surface area contributed by atoms with E-state index in [1.807, 2.05) is 0 Å². The van der Waals surface area contributed by atoms with Crippen molar-refractivity contribution in [1.82, 2.24) is 4.90 Å². The van der Waals surface area contributed by atoms with Crippen LogP contribution in [0.15, 0.2) is 0 Å². The SMILES string of the molecule is CCCCC(O)C(C)(CC)N(CC)CC. The minimum Gasteiger partial charge on any atom is -0.391 e. The van der Waals surface area contributed by atoms with Gasteiger partial charge in [0.1, 0.15) is 0 Å². The van der Waals surface area contributed by atoms with Gasteiger partial charge in [0.25, 0.3) is 0 Å². The van der Waals surface area contributed by atoms with Crippen molar-refractivity contribution in [3.8, 4) is 0 Å². The number of hydrogen-bond acceptors (Lipinski definition) is 2. The molecule has 0 rings (SSSR count). The summed E-state index contributed by atoms with van der Waals surface area (Å²) in [5.74, 6) is 0. The van der Waals surface area contributed by atoms with Crippen molar-refractivity contribution in [1.29, 1.82) is 0 Å². The predicted molar refractivity (Wildman–Crippen MR) is 67.1 cm³/mol. The van der Waals surface area contributed by atoms with E-state index in [-0.39, 0.29) is 11.6 Å².